The van der Waals surface area contributed by atoms with Gasteiger partial charge in [0, 0.05) is 26.6 Å². The summed E-state index contributed by atoms with van der Waals surface area (Å²) in [6.07, 6.45) is 2.24. The number of rotatable bonds is 6. The van der Waals surface area contributed by atoms with Crippen molar-refractivity contribution in [3.8, 4) is 0 Å². The third kappa shape index (κ3) is 3.14. The highest BCUT2D eigenvalue weighted by atomic mass is 16.5. The van der Waals surface area contributed by atoms with Gasteiger partial charge in [-0.15, -0.1) is 10.2 Å². The zero-order chi connectivity index (χ0) is 14.7. The summed E-state index contributed by atoms with van der Waals surface area (Å²) in [7, 11) is 1.72. The lowest BCUT2D eigenvalue weighted by Crippen LogP contribution is -2.21. The van der Waals surface area contributed by atoms with Crippen LogP contribution in [0, 0.1) is 0 Å². The number of aryl methyl sites for hydroxylation is 1. The summed E-state index contributed by atoms with van der Waals surface area (Å²) >= 11 is 0. The molecule has 0 radical (unpaired) electrons. The highest BCUT2D eigenvalue weighted by Crippen LogP contribution is 2.19. The van der Waals surface area contributed by atoms with Crippen LogP contribution in [0.25, 0.3) is 0 Å². The monoisotopic (exact) mass is 286 g/mol. The molecule has 0 saturated heterocycles. The van der Waals surface area contributed by atoms with Crippen molar-refractivity contribution in [2.45, 2.75) is 45.5 Å². The summed E-state index contributed by atoms with van der Waals surface area (Å²) in [6, 6.07) is 8.67. The first-order chi connectivity index (χ1) is 10.3. The van der Waals surface area contributed by atoms with Crippen LogP contribution in [-0.2, 0) is 30.9 Å². The van der Waals surface area contributed by atoms with E-state index in [0.717, 1.165) is 31.2 Å². The largest absolute Gasteiger partial charge is 0.380 e. The summed E-state index contributed by atoms with van der Waals surface area (Å²) in [6.45, 7) is 4.67. The molecular weight excluding hydrogens is 264 g/mol. The van der Waals surface area contributed by atoms with Gasteiger partial charge in [0.1, 0.15) is 11.6 Å². The van der Waals surface area contributed by atoms with Crippen molar-refractivity contribution in [2.75, 3.05) is 7.11 Å². The number of ether oxygens (including phenoxy) is 1. The van der Waals surface area contributed by atoms with Crippen molar-refractivity contribution < 1.29 is 4.74 Å². The zero-order valence-electron chi connectivity index (χ0n) is 12.7. The molecular formula is C16H22N4O. The quantitative estimate of drug-likeness (QED) is 0.884. The molecule has 0 saturated carbocycles. The van der Waals surface area contributed by atoms with Gasteiger partial charge in [-0.25, -0.2) is 0 Å². The minimum Gasteiger partial charge on any atom is -0.380 e. The summed E-state index contributed by atoms with van der Waals surface area (Å²) in [4.78, 5) is 0. The van der Waals surface area contributed by atoms with Gasteiger partial charge in [-0.3, -0.25) is 0 Å². The fourth-order valence-corrected chi connectivity index (χ4v) is 2.85. The second-order valence-electron chi connectivity index (χ2n) is 5.59. The molecule has 0 spiro atoms. The number of nitrogens with zero attached hydrogens (tertiary/aromatic N) is 3. The first-order valence-corrected chi connectivity index (χ1v) is 7.50. The SMILES string of the molecule is COCc1cccc(CNC(C)c2nnc3n2CCC3)c1. The van der Waals surface area contributed by atoms with Crippen molar-refractivity contribution in [1.29, 1.82) is 0 Å². The molecule has 1 aromatic heterocycles. The molecule has 2 heterocycles. The van der Waals surface area contributed by atoms with E-state index in [1.165, 1.54) is 17.5 Å². The number of benzene rings is 1. The maximum atomic E-state index is 5.18. The van der Waals surface area contributed by atoms with Gasteiger partial charge in [0.25, 0.3) is 0 Å². The molecule has 0 aliphatic carbocycles. The van der Waals surface area contributed by atoms with Crippen LogP contribution < -0.4 is 5.32 Å². The molecule has 2 aromatic rings. The summed E-state index contributed by atoms with van der Waals surface area (Å²) in [5.74, 6) is 2.18. The molecule has 3 rings (SSSR count). The number of aromatic nitrogens is 3. The van der Waals surface area contributed by atoms with Gasteiger partial charge >= 0.3 is 0 Å². The molecule has 0 fully saturated rings. The standard InChI is InChI=1S/C16H22N4O/c1-12(16-19-18-15-7-4-8-20(15)16)17-10-13-5-3-6-14(9-13)11-21-2/h3,5-6,9,12,17H,4,7-8,10-11H2,1-2H3. The maximum absolute atomic E-state index is 5.18. The summed E-state index contributed by atoms with van der Waals surface area (Å²) < 4.78 is 7.42. The molecule has 1 atom stereocenters. The highest BCUT2D eigenvalue weighted by molar-refractivity contribution is 5.23. The molecule has 112 valence electrons. The fraction of sp³-hybridized carbons (Fsp3) is 0.500. The van der Waals surface area contributed by atoms with Crippen LogP contribution in [0.15, 0.2) is 24.3 Å². The van der Waals surface area contributed by atoms with Gasteiger partial charge in [0.05, 0.1) is 12.6 Å². The minimum atomic E-state index is 0.204. The van der Waals surface area contributed by atoms with E-state index in [2.05, 4.69) is 51.3 Å². The molecule has 21 heavy (non-hydrogen) atoms. The minimum absolute atomic E-state index is 0.204. The van der Waals surface area contributed by atoms with Gasteiger partial charge in [-0.2, -0.15) is 0 Å². The first kappa shape index (κ1) is 14.2. The van der Waals surface area contributed by atoms with Crippen LogP contribution in [0.1, 0.15) is 42.2 Å². The van der Waals surface area contributed by atoms with Crippen LogP contribution in [0.3, 0.4) is 0 Å². The van der Waals surface area contributed by atoms with Gasteiger partial charge < -0.3 is 14.6 Å². The third-order valence-corrected chi connectivity index (χ3v) is 3.94. The Morgan fingerprint density at radius 2 is 2.19 bits per heavy atom. The topological polar surface area (TPSA) is 52.0 Å². The smallest absolute Gasteiger partial charge is 0.149 e. The van der Waals surface area contributed by atoms with E-state index in [-0.39, 0.29) is 6.04 Å². The maximum Gasteiger partial charge on any atom is 0.149 e. The molecule has 0 bridgehead atoms. The molecule has 1 N–H and O–H groups in total. The number of hydrogen-bond acceptors (Lipinski definition) is 4. The van der Waals surface area contributed by atoms with Gasteiger partial charge in [-0.05, 0) is 24.5 Å². The van der Waals surface area contributed by atoms with Gasteiger partial charge in [0.2, 0.25) is 0 Å². The Bertz CT molecular complexity index is 608. The van der Waals surface area contributed by atoms with E-state index in [9.17, 15) is 0 Å². The van der Waals surface area contributed by atoms with E-state index in [4.69, 9.17) is 4.74 Å². The fourth-order valence-electron chi connectivity index (χ4n) is 2.85. The second-order valence-corrected chi connectivity index (χ2v) is 5.59. The Labute approximate surface area is 125 Å². The van der Waals surface area contributed by atoms with E-state index in [0.29, 0.717) is 6.61 Å². The Balaban J connectivity index is 1.63. The molecule has 1 aliphatic rings. The molecule has 0 amide bonds. The zero-order valence-corrected chi connectivity index (χ0v) is 12.7. The van der Waals surface area contributed by atoms with Crippen LogP contribution >= 0.6 is 0 Å². The summed E-state index contributed by atoms with van der Waals surface area (Å²) in [5, 5.41) is 12.1. The first-order valence-electron chi connectivity index (χ1n) is 7.50. The molecule has 1 unspecified atom stereocenters. The Kier molecular flexibility index (Phi) is 4.31. The lowest BCUT2D eigenvalue weighted by molar-refractivity contribution is 0.185. The lowest BCUT2D eigenvalue weighted by Gasteiger charge is -2.14. The molecule has 1 aliphatic heterocycles. The predicted octanol–water partition coefficient (Wildman–Crippen LogP) is 2.22. The Morgan fingerprint density at radius 1 is 1.33 bits per heavy atom. The second kappa shape index (κ2) is 6.37. The molecule has 5 heteroatoms. The number of hydrogen-bond donors (Lipinski definition) is 1. The van der Waals surface area contributed by atoms with E-state index < -0.39 is 0 Å². The van der Waals surface area contributed by atoms with Crippen molar-refractivity contribution in [3.63, 3.8) is 0 Å². The average Bonchev–Trinajstić information content (AvgIpc) is 3.08. The van der Waals surface area contributed by atoms with Crippen molar-refractivity contribution in [2.24, 2.45) is 0 Å². The van der Waals surface area contributed by atoms with E-state index in [1.807, 2.05) is 0 Å². The normalized spacial score (nSPS) is 15.1. The van der Waals surface area contributed by atoms with Gasteiger partial charge in [-0.1, -0.05) is 24.3 Å². The van der Waals surface area contributed by atoms with E-state index >= 15 is 0 Å². The van der Waals surface area contributed by atoms with Crippen molar-refractivity contribution >= 4 is 0 Å². The van der Waals surface area contributed by atoms with Crippen LogP contribution in [0.2, 0.25) is 0 Å². The molecule has 5 nitrogen and oxygen atoms in total. The number of fused-ring (bicyclic) bond motifs is 1. The summed E-state index contributed by atoms with van der Waals surface area (Å²) in [5.41, 5.74) is 2.46. The van der Waals surface area contributed by atoms with Crippen LogP contribution in [-0.4, -0.2) is 21.9 Å². The van der Waals surface area contributed by atoms with Gasteiger partial charge in [0.15, 0.2) is 0 Å². The predicted molar refractivity (Wildman–Crippen MR) is 80.8 cm³/mol. The van der Waals surface area contributed by atoms with E-state index in [1.54, 1.807) is 7.11 Å². The number of methoxy groups -OCH3 is 1. The Hall–Kier alpha value is -1.72. The average molecular weight is 286 g/mol. The van der Waals surface area contributed by atoms with Crippen LogP contribution in [0.4, 0.5) is 0 Å². The number of nitrogens with one attached hydrogen (secondary N) is 1. The molecule has 1 aromatic carbocycles. The van der Waals surface area contributed by atoms with Crippen molar-refractivity contribution in [1.82, 2.24) is 20.1 Å². The van der Waals surface area contributed by atoms with Crippen LogP contribution in [0.5, 0.6) is 0 Å². The third-order valence-electron chi connectivity index (χ3n) is 3.94. The Morgan fingerprint density at radius 3 is 3.05 bits per heavy atom. The lowest BCUT2D eigenvalue weighted by atomic mass is 10.1. The van der Waals surface area contributed by atoms with Crippen molar-refractivity contribution in [3.05, 3.63) is 47.0 Å². The highest BCUT2D eigenvalue weighted by Gasteiger charge is 2.20.